The topological polar surface area (TPSA) is 58.3 Å². The molecule has 0 aliphatic heterocycles. The molecule has 0 aliphatic rings. The molecule has 0 fully saturated rings. The lowest BCUT2D eigenvalue weighted by Crippen LogP contribution is -2.28. The summed E-state index contributed by atoms with van der Waals surface area (Å²) in [6.45, 7) is 8.55. The molecule has 0 aromatic carbocycles. The summed E-state index contributed by atoms with van der Waals surface area (Å²) in [5, 5.41) is 0. The lowest BCUT2D eigenvalue weighted by Gasteiger charge is -2.25. The summed E-state index contributed by atoms with van der Waals surface area (Å²) >= 11 is 0. The highest BCUT2D eigenvalue weighted by Crippen LogP contribution is 2.21. The fourth-order valence-corrected chi connectivity index (χ4v) is 2.47. The van der Waals surface area contributed by atoms with Gasteiger partial charge < -0.3 is 15.5 Å². The Bertz CT molecular complexity index is 575. The Morgan fingerprint density at radius 2 is 1.92 bits per heavy atom. The minimum absolute atomic E-state index is 0.314. The van der Waals surface area contributed by atoms with E-state index in [1.54, 1.807) is 6.20 Å². The molecule has 0 saturated carbocycles. The van der Waals surface area contributed by atoms with Gasteiger partial charge in [0.2, 0.25) is 5.95 Å². The number of anilines is 1. The molecule has 1 aromatic heterocycles. The van der Waals surface area contributed by atoms with Crippen LogP contribution in [0.1, 0.15) is 45.7 Å². The molecule has 24 heavy (non-hydrogen) atoms. The maximum Gasteiger partial charge on any atom is 0.220 e. The zero-order chi connectivity index (χ0) is 18.1. The van der Waals surface area contributed by atoms with Crippen molar-refractivity contribution in [3.05, 3.63) is 35.3 Å². The van der Waals surface area contributed by atoms with Crippen molar-refractivity contribution in [3.63, 3.8) is 0 Å². The molecule has 0 bridgehead atoms. The second-order valence-corrected chi connectivity index (χ2v) is 6.62. The van der Waals surface area contributed by atoms with Crippen molar-refractivity contribution in [2.75, 3.05) is 40.0 Å². The van der Waals surface area contributed by atoms with Crippen LogP contribution in [0, 0.1) is 0 Å². The van der Waals surface area contributed by atoms with E-state index in [1.165, 1.54) is 24.1 Å². The Morgan fingerprint density at radius 3 is 2.50 bits per heavy atom. The molecule has 0 atom stereocenters. The van der Waals surface area contributed by atoms with Crippen molar-refractivity contribution in [3.8, 4) is 0 Å². The van der Waals surface area contributed by atoms with Crippen molar-refractivity contribution in [1.82, 2.24) is 19.8 Å². The average molecular weight is 332 g/mol. The Kier molecular flexibility index (Phi) is 8.47. The van der Waals surface area contributed by atoms with Gasteiger partial charge in [0.25, 0.3) is 0 Å². The van der Waals surface area contributed by atoms with Crippen LogP contribution in [-0.2, 0) is 0 Å². The molecule has 134 valence electrons. The standard InChI is InChI=1S/C19H33N5/c1-7-8-9-15(2)18(24(6)13-12-23(4)5)14-16(3)17-10-11-21-19(20)22-17/h10-11,14H,7-9,12-13H2,1-6H3,(H2,20,21,22). The number of likely N-dealkylation sites (N-methyl/N-ethyl adjacent to an activating group) is 2. The van der Waals surface area contributed by atoms with E-state index in [-0.39, 0.29) is 0 Å². The van der Waals surface area contributed by atoms with Crippen LogP contribution in [0.5, 0.6) is 0 Å². The van der Waals surface area contributed by atoms with Gasteiger partial charge in [-0.05, 0) is 64.1 Å². The van der Waals surface area contributed by atoms with Crippen molar-refractivity contribution >= 4 is 11.5 Å². The van der Waals surface area contributed by atoms with E-state index in [2.05, 4.69) is 67.8 Å². The first-order chi connectivity index (χ1) is 11.3. The number of unbranched alkanes of at least 4 members (excludes halogenated alkanes) is 1. The summed E-state index contributed by atoms with van der Waals surface area (Å²) in [5.74, 6) is 0.314. The fraction of sp³-hybridized carbons (Fsp3) is 0.579. The largest absolute Gasteiger partial charge is 0.373 e. The lowest BCUT2D eigenvalue weighted by atomic mass is 10.0. The number of rotatable bonds is 9. The Hall–Kier alpha value is -1.88. The Balaban J connectivity index is 3.09. The van der Waals surface area contributed by atoms with Gasteiger partial charge in [0, 0.05) is 32.0 Å². The molecule has 1 aromatic rings. The third-order valence-corrected chi connectivity index (χ3v) is 4.07. The number of nitrogens with zero attached hydrogens (tertiary/aromatic N) is 4. The van der Waals surface area contributed by atoms with Crippen LogP contribution in [0.4, 0.5) is 5.95 Å². The third-order valence-electron chi connectivity index (χ3n) is 4.07. The first-order valence-corrected chi connectivity index (χ1v) is 8.68. The van der Waals surface area contributed by atoms with Gasteiger partial charge in [-0.15, -0.1) is 0 Å². The second-order valence-electron chi connectivity index (χ2n) is 6.62. The Labute approximate surface area is 147 Å². The number of nitrogen functional groups attached to an aromatic ring is 1. The van der Waals surface area contributed by atoms with Crippen LogP contribution in [0.2, 0.25) is 0 Å². The highest BCUT2D eigenvalue weighted by Gasteiger charge is 2.09. The zero-order valence-electron chi connectivity index (χ0n) is 16.1. The van der Waals surface area contributed by atoms with E-state index < -0.39 is 0 Å². The van der Waals surface area contributed by atoms with Crippen LogP contribution in [0.25, 0.3) is 5.57 Å². The predicted octanol–water partition coefficient (Wildman–Crippen LogP) is 3.42. The predicted molar refractivity (Wildman–Crippen MR) is 104 cm³/mol. The quantitative estimate of drug-likeness (QED) is 0.703. The van der Waals surface area contributed by atoms with Gasteiger partial charge in [0.15, 0.2) is 0 Å². The van der Waals surface area contributed by atoms with Crippen molar-refractivity contribution < 1.29 is 0 Å². The number of aromatic nitrogens is 2. The highest BCUT2D eigenvalue weighted by atomic mass is 15.2. The van der Waals surface area contributed by atoms with Crippen molar-refractivity contribution in [1.29, 1.82) is 0 Å². The number of nitrogens with two attached hydrogens (primary N) is 1. The first kappa shape index (κ1) is 20.2. The smallest absolute Gasteiger partial charge is 0.220 e. The van der Waals surface area contributed by atoms with Crippen LogP contribution in [0.15, 0.2) is 29.6 Å². The van der Waals surface area contributed by atoms with Crippen molar-refractivity contribution in [2.45, 2.75) is 40.0 Å². The summed E-state index contributed by atoms with van der Waals surface area (Å²) in [6.07, 6.45) is 7.47. The lowest BCUT2D eigenvalue weighted by molar-refractivity contribution is 0.328. The summed E-state index contributed by atoms with van der Waals surface area (Å²) in [7, 11) is 6.37. The van der Waals surface area contributed by atoms with E-state index in [4.69, 9.17) is 5.73 Å². The monoisotopic (exact) mass is 331 g/mol. The molecule has 0 amide bonds. The van der Waals surface area contributed by atoms with Crippen LogP contribution < -0.4 is 5.73 Å². The van der Waals surface area contributed by atoms with E-state index >= 15 is 0 Å². The zero-order valence-corrected chi connectivity index (χ0v) is 16.1. The third kappa shape index (κ3) is 6.71. The molecule has 0 aliphatic carbocycles. The minimum Gasteiger partial charge on any atom is -0.373 e. The molecule has 5 heteroatoms. The van der Waals surface area contributed by atoms with Crippen LogP contribution >= 0.6 is 0 Å². The summed E-state index contributed by atoms with van der Waals surface area (Å²) in [4.78, 5) is 12.8. The minimum atomic E-state index is 0.314. The normalized spacial score (nSPS) is 13.2. The molecule has 0 radical (unpaired) electrons. The van der Waals surface area contributed by atoms with Crippen molar-refractivity contribution in [2.24, 2.45) is 0 Å². The van der Waals surface area contributed by atoms with Crippen LogP contribution in [-0.4, -0.2) is 54.0 Å². The molecule has 2 N–H and O–H groups in total. The summed E-state index contributed by atoms with van der Waals surface area (Å²) in [6, 6.07) is 1.90. The molecule has 1 heterocycles. The van der Waals surface area contributed by atoms with Gasteiger partial charge >= 0.3 is 0 Å². The molecule has 0 saturated heterocycles. The fourth-order valence-electron chi connectivity index (χ4n) is 2.47. The van der Waals surface area contributed by atoms with E-state index in [1.807, 2.05) is 6.07 Å². The molecular formula is C19H33N5. The maximum absolute atomic E-state index is 5.72. The van der Waals surface area contributed by atoms with Gasteiger partial charge in [-0.1, -0.05) is 13.3 Å². The SMILES string of the molecule is CCCCC(C)=C(C=C(C)c1ccnc(N)n1)N(C)CCN(C)C. The van der Waals surface area contributed by atoms with E-state index in [9.17, 15) is 0 Å². The number of hydrogen-bond acceptors (Lipinski definition) is 5. The average Bonchev–Trinajstić information content (AvgIpc) is 2.55. The molecule has 0 spiro atoms. The number of allylic oxidation sites excluding steroid dienone is 3. The summed E-state index contributed by atoms with van der Waals surface area (Å²) in [5.41, 5.74) is 10.4. The molecular weight excluding hydrogens is 298 g/mol. The molecule has 1 rings (SSSR count). The van der Waals surface area contributed by atoms with Gasteiger partial charge in [-0.3, -0.25) is 0 Å². The summed E-state index contributed by atoms with van der Waals surface area (Å²) < 4.78 is 0. The van der Waals surface area contributed by atoms with Gasteiger partial charge in [0.05, 0.1) is 5.69 Å². The van der Waals surface area contributed by atoms with Gasteiger partial charge in [-0.25, -0.2) is 9.97 Å². The van der Waals surface area contributed by atoms with E-state index in [0.29, 0.717) is 5.95 Å². The maximum atomic E-state index is 5.72. The van der Waals surface area contributed by atoms with Gasteiger partial charge in [0.1, 0.15) is 0 Å². The second kappa shape index (κ2) is 10.1. The Morgan fingerprint density at radius 1 is 1.21 bits per heavy atom. The molecule has 0 unspecified atom stereocenters. The highest BCUT2D eigenvalue weighted by molar-refractivity contribution is 5.64. The van der Waals surface area contributed by atoms with E-state index in [0.717, 1.165) is 30.8 Å². The first-order valence-electron chi connectivity index (χ1n) is 8.68. The number of hydrogen-bond donors (Lipinski definition) is 1. The van der Waals surface area contributed by atoms with Crippen LogP contribution in [0.3, 0.4) is 0 Å². The molecule has 5 nitrogen and oxygen atoms in total. The van der Waals surface area contributed by atoms with Gasteiger partial charge in [-0.2, -0.15) is 0 Å².